The Morgan fingerprint density at radius 1 is 1.45 bits per heavy atom. The van der Waals surface area contributed by atoms with Crippen LogP contribution in [0.2, 0.25) is 5.02 Å². The van der Waals surface area contributed by atoms with Crippen molar-refractivity contribution in [1.29, 1.82) is 0 Å². The van der Waals surface area contributed by atoms with E-state index in [0.717, 1.165) is 4.70 Å². The molecule has 0 aliphatic carbocycles. The Morgan fingerprint density at radius 3 is 3.09 bits per heavy atom. The first-order chi connectivity index (χ1) is 5.29. The maximum absolute atomic E-state index is 13.1. The smallest absolute Gasteiger partial charge is 0.150 e. The highest BCUT2D eigenvalue weighted by Gasteiger charge is 2.04. The third-order valence-corrected chi connectivity index (χ3v) is 2.57. The lowest BCUT2D eigenvalue weighted by atomic mass is 10.2. The van der Waals surface area contributed by atoms with E-state index in [1.165, 1.54) is 11.3 Å². The molecule has 1 aromatic heterocycles. The van der Waals surface area contributed by atoms with Crippen LogP contribution in [0.25, 0.3) is 10.1 Å². The summed E-state index contributed by atoms with van der Waals surface area (Å²) in [6.45, 7) is 0. The van der Waals surface area contributed by atoms with E-state index in [2.05, 4.69) is 5.38 Å². The van der Waals surface area contributed by atoms with Gasteiger partial charge in [0.15, 0.2) is 0 Å². The van der Waals surface area contributed by atoms with Crippen LogP contribution in [0.4, 0.5) is 4.39 Å². The Morgan fingerprint density at radius 2 is 2.27 bits per heavy atom. The summed E-state index contributed by atoms with van der Waals surface area (Å²) in [5, 5.41) is 3.58. The molecule has 1 heterocycles. The van der Waals surface area contributed by atoms with Gasteiger partial charge in [0.1, 0.15) is 5.82 Å². The molecular weight excluding hydrogens is 183 g/mol. The fourth-order valence-electron chi connectivity index (χ4n) is 0.924. The van der Waals surface area contributed by atoms with Crippen LogP contribution in [0.15, 0.2) is 18.2 Å². The van der Waals surface area contributed by atoms with Crippen molar-refractivity contribution in [3.63, 3.8) is 0 Å². The molecule has 2 rings (SSSR count). The second-order valence-electron chi connectivity index (χ2n) is 2.14. The molecule has 3 heteroatoms. The summed E-state index contributed by atoms with van der Waals surface area (Å²) < 4.78 is 14.0. The molecule has 1 radical (unpaired) electrons. The van der Waals surface area contributed by atoms with Crippen LogP contribution >= 0.6 is 22.9 Å². The van der Waals surface area contributed by atoms with Gasteiger partial charge in [-0.15, -0.1) is 11.3 Å². The summed E-state index contributed by atoms with van der Waals surface area (Å²) in [6, 6.07) is 4.96. The highest BCUT2D eigenvalue weighted by molar-refractivity contribution is 7.16. The van der Waals surface area contributed by atoms with Gasteiger partial charge in [-0.05, 0) is 18.2 Å². The monoisotopic (exact) mass is 185 g/mol. The van der Waals surface area contributed by atoms with Crippen LogP contribution in [0.3, 0.4) is 0 Å². The Labute approximate surface area is 72.2 Å². The fraction of sp³-hybridized carbons (Fsp3) is 0. The highest BCUT2D eigenvalue weighted by atomic mass is 35.5. The van der Waals surface area contributed by atoms with E-state index < -0.39 is 0 Å². The normalized spacial score (nSPS) is 10.7. The molecule has 55 valence electrons. The lowest BCUT2D eigenvalue weighted by Gasteiger charge is -1.93. The zero-order valence-corrected chi connectivity index (χ0v) is 6.97. The molecule has 0 saturated carbocycles. The average Bonchev–Trinajstić information content (AvgIpc) is 2.45. The van der Waals surface area contributed by atoms with Crippen LogP contribution < -0.4 is 0 Å². The van der Waals surface area contributed by atoms with Gasteiger partial charge < -0.3 is 0 Å². The molecule has 0 amide bonds. The van der Waals surface area contributed by atoms with E-state index >= 15 is 0 Å². The number of benzene rings is 1. The third kappa shape index (κ3) is 1.03. The number of hydrogen-bond donors (Lipinski definition) is 0. The van der Waals surface area contributed by atoms with Gasteiger partial charge in [0.25, 0.3) is 0 Å². The van der Waals surface area contributed by atoms with Crippen molar-refractivity contribution in [2.75, 3.05) is 0 Å². The van der Waals surface area contributed by atoms with Gasteiger partial charge in [-0.3, -0.25) is 0 Å². The zero-order valence-electron chi connectivity index (χ0n) is 5.40. The second kappa shape index (κ2) is 2.47. The molecule has 0 atom stereocenters. The Hall–Kier alpha value is -0.600. The van der Waals surface area contributed by atoms with Gasteiger partial charge in [0.05, 0.1) is 5.02 Å². The van der Waals surface area contributed by atoms with E-state index in [1.807, 2.05) is 0 Å². The van der Waals surface area contributed by atoms with Gasteiger partial charge in [0, 0.05) is 15.5 Å². The molecule has 0 aliphatic rings. The quantitative estimate of drug-likeness (QED) is 0.590. The SMILES string of the molecule is Fc1c(Cl)ccc2s[c]cc12. The largest absolute Gasteiger partial charge is 0.205 e. The van der Waals surface area contributed by atoms with Crippen molar-refractivity contribution < 1.29 is 4.39 Å². The maximum Gasteiger partial charge on any atom is 0.150 e. The van der Waals surface area contributed by atoms with Crippen molar-refractivity contribution in [3.05, 3.63) is 34.4 Å². The van der Waals surface area contributed by atoms with Gasteiger partial charge in [-0.1, -0.05) is 11.6 Å². The summed E-state index contributed by atoms with van der Waals surface area (Å²) in [5.74, 6) is -0.346. The van der Waals surface area contributed by atoms with Crippen LogP contribution in [0.1, 0.15) is 0 Å². The van der Waals surface area contributed by atoms with E-state index in [4.69, 9.17) is 11.6 Å². The molecule has 1 aromatic carbocycles. The third-order valence-electron chi connectivity index (χ3n) is 1.46. The lowest BCUT2D eigenvalue weighted by Crippen LogP contribution is -1.75. The molecule has 0 N–H and O–H groups in total. The van der Waals surface area contributed by atoms with E-state index in [0.29, 0.717) is 5.39 Å². The minimum Gasteiger partial charge on any atom is -0.205 e. The second-order valence-corrected chi connectivity index (χ2v) is 3.42. The van der Waals surface area contributed by atoms with E-state index in [-0.39, 0.29) is 10.8 Å². The highest BCUT2D eigenvalue weighted by Crippen LogP contribution is 2.27. The van der Waals surface area contributed by atoms with Crippen LogP contribution in [0, 0.1) is 11.2 Å². The number of halogens is 2. The van der Waals surface area contributed by atoms with E-state index in [1.54, 1.807) is 18.2 Å². The van der Waals surface area contributed by atoms with Crippen LogP contribution in [-0.4, -0.2) is 0 Å². The molecule has 0 aliphatic heterocycles. The number of thiophene rings is 1. The summed E-state index contributed by atoms with van der Waals surface area (Å²) in [7, 11) is 0. The average molecular weight is 186 g/mol. The summed E-state index contributed by atoms with van der Waals surface area (Å²) in [4.78, 5) is 0. The summed E-state index contributed by atoms with van der Waals surface area (Å²) >= 11 is 6.95. The number of rotatable bonds is 0. The van der Waals surface area contributed by atoms with Crippen molar-refractivity contribution in [3.8, 4) is 0 Å². The number of hydrogen-bond acceptors (Lipinski definition) is 1. The minimum atomic E-state index is -0.346. The first kappa shape index (κ1) is 7.07. The van der Waals surface area contributed by atoms with Gasteiger partial charge >= 0.3 is 0 Å². The standard InChI is InChI=1S/C8H3ClFS/c9-6-1-2-7-5(8(6)10)3-4-11-7/h1-3H. The molecule has 0 nitrogen and oxygen atoms in total. The molecule has 0 spiro atoms. The van der Waals surface area contributed by atoms with Crippen molar-refractivity contribution in [2.24, 2.45) is 0 Å². The predicted molar refractivity (Wildman–Crippen MR) is 45.6 cm³/mol. The Kier molecular flexibility index (Phi) is 1.59. The van der Waals surface area contributed by atoms with Crippen LogP contribution in [-0.2, 0) is 0 Å². The van der Waals surface area contributed by atoms with Gasteiger partial charge in [0.2, 0.25) is 0 Å². The predicted octanol–water partition coefficient (Wildman–Crippen LogP) is 3.49. The molecule has 2 aromatic rings. The first-order valence-electron chi connectivity index (χ1n) is 3.02. The Bertz CT molecular complexity index is 394. The topological polar surface area (TPSA) is 0 Å². The minimum absolute atomic E-state index is 0.171. The summed E-state index contributed by atoms with van der Waals surface area (Å²) in [5.41, 5.74) is 0. The molecule has 0 saturated heterocycles. The molecular formula is C8H3ClFS. The van der Waals surface area contributed by atoms with Gasteiger partial charge in [-0.25, -0.2) is 4.39 Å². The van der Waals surface area contributed by atoms with Crippen molar-refractivity contribution in [2.45, 2.75) is 0 Å². The van der Waals surface area contributed by atoms with E-state index in [9.17, 15) is 4.39 Å². The molecule has 0 fully saturated rings. The summed E-state index contributed by atoms with van der Waals surface area (Å²) in [6.07, 6.45) is 0. The maximum atomic E-state index is 13.1. The van der Waals surface area contributed by atoms with Crippen molar-refractivity contribution >= 4 is 33.0 Å². The molecule has 0 bridgehead atoms. The Balaban J connectivity index is 2.93. The molecule has 0 unspecified atom stereocenters. The van der Waals surface area contributed by atoms with Gasteiger partial charge in [-0.2, -0.15) is 0 Å². The first-order valence-corrected chi connectivity index (χ1v) is 4.22. The lowest BCUT2D eigenvalue weighted by molar-refractivity contribution is 0.640. The fourth-order valence-corrected chi connectivity index (χ4v) is 1.79. The number of fused-ring (bicyclic) bond motifs is 1. The van der Waals surface area contributed by atoms with Crippen molar-refractivity contribution in [1.82, 2.24) is 0 Å². The van der Waals surface area contributed by atoms with Crippen LogP contribution in [0.5, 0.6) is 0 Å². The molecule has 11 heavy (non-hydrogen) atoms. The zero-order chi connectivity index (χ0) is 7.84.